The highest BCUT2D eigenvalue weighted by atomic mass is 35.5. The molecule has 0 bridgehead atoms. The summed E-state index contributed by atoms with van der Waals surface area (Å²) in [5.74, 6) is -0.165. The van der Waals surface area contributed by atoms with Crippen LogP contribution in [0.4, 0.5) is 0 Å². The molecule has 25 heavy (non-hydrogen) atoms. The van der Waals surface area contributed by atoms with Crippen molar-refractivity contribution in [2.24, 2.45) is 11.3 Å². The highest BCUT2D eigenvalue weighted by Crippen LogP contribution is 2.48. The smallest absolute Gasteiger partial charge is 0.311 e. The van der Waals surface area contributed by atoms with E-state index in [0.717, 1.165) is 45.3 Å². The third-order valence-electron chi connectivity index (χ3n) is 6.17. The first-order valence-corrected chi connectivity index (χ1v) is 9.75. The van der Waals surface area contributed by atoms with Crippen LogP contribution < -0.4 is 0 Å². The topological polar surface area (TPSA) is 60.9 Å². The molecule has 3 aliphatic rings. The van der Waals surface area contributed by atoms with Crippen LogP contribution in [0.5, 0.6) is 0 Å². The van der Waals surface area contributed by atoms with Crippen molar-refractivity contribution >= 4 is 35.6 Å². The van der Waals surface area contributed by atoms with Gasteiger partial charge in [0.1, 0.15) is 0 Å². The largest absolute Gasteiger partial charge is 0.481 e. The predicted octanol–water partition coefficient (Wildman–Crippen LogP) is 2.63. The first kappa shape index (κ1) is 18.7. The monoisotopic (exact) mass is 384 g/mol. The molecule has 0 spiro atoms. The summed E-state index contributed by atoms with van der Waals surface area (Å²) < 4.78 is 0. The maximum Gasteiger partial charge on any atom is 0.311 e. The molecule has 5 nitrogen and oxygen atoms in total. The fourth-order valence-electron chi connectivity index (χ4n) is 4.79. The summed E-state index contributed by atoms with van der Waals surface area (Å²) in [7, 11) is 0. The van der Waals surface area contributed by atoms with Crippen LogP contribution in [0.25, 0.3) is 0 Å². The minimum Gasteiger partial charge on any atom is -0.481 e. The van der Waals surface area contributed by atoms with Gasteiger partial charge in [0.15, 0.2) is 0 Å². The maximum absolute atomic E-state index is 12.5. The summed E-state index contributed by atoms with van der Waals surface area (Å²) in [5.41, 5.74) is 0.750. The summed E-state index contributed by atoms with van der Waals surface area (Å²) >= 11 is 1.78. The Kier molecular flexibility index (Phi) is 5.42. The second-order valence-corrected chi connectivity index (χ2v) is 8.47. The van der Waals surface area contributed by atoms with E-state index in [-0.39, 0.29) is 24.2 Å². The first-order valence-electron chi connectivity index (χ1n) is 8.87. The SMILES string of the molecule is Cl.O=C(CCN1C[C@@H]2CCC[C@@]2(C(=O)O)C1)N1CCc2sccc2C1. The molecule has 7 heteroatoms. The van der Waals surface area contributed by atoms with E-state index in [1.165, 1.54) is 10.4 Å². The zero-order valence-corrected chi connectivity index (χ0v) is 15.9. The lowest BCUT2D eigenvalue weighted by Crippen LogP contribution is -2.38. The molecule has 0 unspecified atom stereocenters. The van der Waals surface area contributed by atoms with Gasteiger partial charge in [0.2, 0.25) is 5.91 Å². The Bertz CT molecular complexity index is 665. The average molecular weight is 385 g/mol. The predicted molar refractivity (Wildman–Crippen MR) is 99.2 cm³/mol. The average Bonchev–Trinajstić information content (AvgIpc) is 3.25. The molecule has 1 aromatic rings. The lowest BCUT2D eigenvalue weighted by molar-refractivity contribution is -0.149. The van der Waals surface area contributed by atoms with Crippen LogP contribution in [0.3, 0.4) is 0 Å². The number of carbonyl (C=O) groups is 2. The maximum atomic E-state index is 12.5. The summed E-state index contributed by atoms with van der Waals surface area (Å²) in [6, 6.07) is 2.12. The van der Waals surface area contributed by atoms with Crippen LogP contribution in [-0.4, -0.2) is 53.0 Å². The number of carboxylic acid groups (broad SMARTS) is 1. The van der Waals surface area contributed by atoms with Crippen LogP contribution in [0.1, 0.15) is 36.1 Å². The van der Waals surface area contributed by atoms with Crippen LogP contribution in [-0.2, 0) is 22.6 Å². The zero-order valence-electron chi connectivity index (χ0n) is 14.3. The zero-order chi connectivity index (χ0) is 16.7. The number of hydrogen-bond donors (Lipinski definition) is 1. The Labute approximate surface area is 158 Å². The van der Waals surface area contributed by atoms with Gasteiger partial charge in [0.25, 0.3) is 0 Å². The van der Waals surface area contributed by atoms with Gasteiger partial charge in [-0.3, -0.25) is 9.59 Å². The van der Waals surface area contributed by atoms with Crippen LogP contribution >= 0.6 is 23.7 Å². The molecule has 3 heterocycles. The van der Waals surface area contributed by atoms with Gasteiger partial charge in [-0.15, -0.1) is 23.7 Å². The molecule has 1 amide bonds. The van der Waals surface area contributed by atoms with Crippen molar-refractivity contribution < 1.29 is 14.7 Å². The number of hydrogen-bond acceptors (Lipinski definition) is 4. The molecular formula is C18H25ClN2O3S. The molecule has 0 aromatic carbocycles. The molecule has 1 aromatic heterocycles. The molecule has 2 aliphatic heterocycles. The van der Waals surface area contributed by atoms with Crippen molar-refractivity contribution in [1.29, 1.82) is 0 Å². The number of likely N-dealkylation sites (tertiary alicyclic amines) is 1. The number of halogens is 1. The van der Waals surface area contributed by atoms with Crippen molar-refractivity contribution in [2.75, 3.05) is 26.2 Å². The van der Waals surface area contributed by atoms with E-state index >= 15 is 0 Å². The van der Waals surface area contributed by atoms with Crippen LogP contribution in [0.15, 0.2) is 11.4 Å². The summed E-state index contributed by atoms with van der Waals surface area (Å²) in [6.07, 6.45) is 4.31. The normalized spacial score (nSPS) is 28.3. The summed E-state index contributed by atoms with van der Waals surface area (Å²) in [4.78, 5) is 29.8. The standard InChI is InChI=1S/C18H24N2O3S.ClH/c21-16(20-8-3-15-13(10-20)5-9-24-15)4-7-19-11-14-2-1-6-18(14,12-19)17(22)23;/h5,9,14H,1-4,6-8,10-12H2,(H,22,23);1H/t14-,18+;/m0./s1. The molecule has 1 aliphatic carbocycles. The number of aliphatic carboxylic acids is 1. The molecule has 0 radical (unpaired) electrons. The Morgan fingerprint density at radius 1 is 1.40 bits per heavy atom. The molecule has 4 rings (SSSR count). The van der Waals surface area contributed by atoms with Crippen LogP contribution in [0, 0.1) is 11.3 Å². The molecule has 1 saturated heterocycles. The van der Waals surface area contributed by atoms with Gasteiger partial charge in [-0.25, -0.2) is 0 Å². The number of carboxylic acids is 1. The van der Waals surface area contributed by atoms with E-state index < -0.39 is 11.4 Å². The van der Waals surface area contributed by atoms with Crippen molar-refractivity contribution in [1.82, 2.24) is 9.80 Å². The summed E-state index contributed by atoms with van der Waals surface area (Å²) in [5, 5.41) is 11.7. The fourth-order valence-corrected chi connectivity index (χ4v) is 5.68. The van der Waals surface area contributed by atoms with Crippen LogP contribution in [0.2, 0.25) is 0 Å². The highest BCUT2D eigenvalue weighted by Gasteiger charge is 2.54. The van der Waals surface area contributed by atoms with Gasteiger partial charge in [0.05, 0.1) is 5.41 Å². The third kappa shape index (κ3) is 3.32. The Morgan fingerprint density at radius 2 is 2.24 bits per heavy atom. The van der Waals surface area contributed by atoms with Crippen molar-refractivity contribution in [3.63, 3.8) is 0 Å². The van der Waals surface area contributed by atoms with Gasteiger partial charge in [0, 0.05) is 44.0 Å². The Hall–Kier alpha value is -1.11. The third-order valence-corrected chi connectivity index (χ3v) is 7.19. The highest BCUT2D eigenvalue weighted by molar-refractivity contribution is 7.10. The number of rotatable bonds is 4. The van der Waals surface area contributed by atoms with Crippen molar-refractivity contribution in [3.8, 4) is 0 Å². The minimum absolute atomic E-state index is 0. The molecule has 1 saturated carbocycles. The van der Waals surface area contributed by atoms with E-state index in [9.17, 15) is 14.7 Å². The number of thiophene rings is 1. The second kappa shape index (κ2) is 7.25. The number of amides is 1. The van der Waals surface area contributed by atoms with Gasteiger partial charge in [-0.1, -0.05) is 6.42 Å². The molecule has 138 valence electrons. The molecule has 1 N–H and O–H groups in total. The second-order valence-electron chi connectivity index (χ2n) is 7.47. The Balaban J connectivity index is 0.00000182. The number of nitrogens with zero attached hydrogens (tertiary/aromatic N) is 2. The van der Waals surface area contributed by atoms with Gasteiger partial charge >= 0.3 is 5.97 Å². The van der Waals surface area contributed by atoms with Gasteiger partial charge in [-0.2, -0.15) is 0 Å². The molecule has 2 atom stereocenters. The number of fused-ring (bicyclic) bond motifs is 2. The Morgan fingerprint density at radius 3 is 3.00 bits per heavy atom. The van der Waals surface area contributed by atoms with Gasteiger partial charge in [-0.05, 0) is 42.2 Å². The number of carbonyl (C=O) groups excluding carboxylic acids is 1. The van der Waals surface area contributed by atoms with E-state index in [2.05, 4.69) is 16.3 Å². The van der Waals surface area contributed by atoms with E-state index in [4.69, 9.17) is 0 Å². The quantitative estimate of drug-likeness (QED) is 0.866. The van der Waals surface area contributed by atoms with Crippen molar-refractivity contribution in [2.45, 2.75) is 38.6 Å². The van der Waals surface area contributed by atoms with Crippen molar-refractivity contribution in [3.05, 3.63) is 21.9 Å². The van der Waals surface area contributed by atoms with E-state index in [1.54, 1.807) is 11.3 Å². The minimum atomic E-state index is -0.639. The molecular weight excluding hydrogens is 360 g/mol. The lowest BCUT2D eigenvalue weighted by atomic mass is 9.81. The molecule has 2 fully saturated rings. The first-order chi connectivity index (χ1) is 11.6. The fraction of sp³-hybridized carbons (Fsp3) is 0.667. The van der Waals surface area contributed by atoms with E-state index in [1.807, 2.05) is 4.90 Å². The lowest BCUT2D eigenvalue weighted by Gasteiger charge is -2.28. The summed E-state index contributed by atoms with van der Waals surface area (Å²) in [6.45, 7) is 3.70. The van der Waals surface area contributed by atoms with Gasteiger partial charge < -0.3 is 14.9 Å². The van der Waals surface area contributed by atoms with E-state index in [0.29, 0.717) is 19.5 Å².